The third kappa shape index (κ3) is 3.26. The largest absolute Gasteiger partial charge is 0.297 e. The van der Waals surface area contributed by atoms with Crippen molar-refractivity contribution in [1.82, 2.24) is 9.55 Å². The molecule has 0 atom stereocenters. The highest BCUT2D eigenvalue weighted by Gasteiger charge is 2.40. The van der Waals surface area contributed by atoms with Gasteiger partial charge >= 0.3 is 0 Å². The summed E-state index contributed by atoms with van der Waals surface area (Å²) < 4.78 is 2.27. The van der Waals surface area contributed by atoms with Crippen molar-refractivity contribution in [3.8, 4) is 27.9 Å². The van der Waals surface area contributed by atoms with E-state index in [0.29, 0.717) is 0 Å². The first-order valence-electron chi connectivity index (χ1n) is 15.1. The molecule has 0 saturated heterocycles. The van der Waals surface area contributed by atoms with Crippen LogP contribution in [0.5, 0.6) is 0 Å². The number of hydrogen-bond donors (Lipinski definition) is 0. The van der Waals surface area contributed by atoms with E-state index in [1.54, 1.807) is 0 Å². The third-order valence-electron chi connectivity index (χ3n) is 9.64. The van der Waals surface area contributed by atoms with Gasteiger partial charge in [-0.25, -0.2) is 4.98 Å². The molecule has 0 spiro atoms. The van der Waals surface area contributed by atoms with Crippen molar-refractivity contribution in [3.63, 3.8) is 0 Å². The molecule has 0 N–H and O–H groups in total. The Hall–Kier alpha value is -5.21. The Kier molecular flexibility index (Phi) is 4.91. The first-order chi connectivity index (χ1) is 21.0. The van der Waals surface area contributed by atoms with Crippen molar-refractivity contribution < 1.29 is 0 Å². The van der Waals surface area contributed by atoms with Crippen LogP contribution in [0.3, 0.4) is 0 Å². The van der Waals surface area contributed by atoms with Gasteiger partial charge < -0.3 is 0 Å². The van der Waals surface area contributed by atoms with Gasteiger partial charge in [-0.3, -0.25) is 4.57 Å². The van der Waals surface area contributed by atoms with Crippen LogP contribution in [0.2, 0.25) is 0 Å². The minimum Gasteiger partial charge on any atom is -0.297 e. The normalized spacial score (nSPS) is 13.7. The summed E-state index contributed by atoms with van der Waals surface area (Å²) in [6.45, 7) is 6.92. The molecule has 1 aromatic heterocycles. The molecule has 1 heterocycles. The molecule has 8 aromatic rings. The van der Waals surface area contributed by atoms with Crippen molar-refractivity contribution in [1.29, 1.82) is 0 Å². The molecular weight excluding hydrogens is 520 g/mol. The zero-order valence-corrected chi connectivity index (χ0v) is 24.5. The number of para-hydroxylation sites is 2. The van der Waals surface area contributed by atoms with Crippen LogP contribution in [-0.2, 0) is 5.41 Å². The molecule has 0 bridgehead atoms. The van der Waals surface area contributed by atoms with E-state index in [2.05, 4.69) is 153 Å². The predicted octanol–water partition coefficient (Wildman–Crippen LogP) is 10.8. The molecule has 204 valence electrons. The number of benzene rings is 7. The highest BCUT2D eigenvalue weighted by Crippen LogP contribution is 2.57. The Balaban J connectivity index is 1.38. The zero-order chi connectivity index (χ0) is 28.9. The van der Waals surface area contributed by atoms with Crippen molar-refractivity contribution in [3.05, 3.63) is 144 Å². The number of aryl methyl sites for hydroxylation is 1. The summed E-state index contributed by atoms with van der Waals surface area (Å²) in [7, 11) is 0. The first kappa shape index (κ1) is 24.4. The van der Waals surface area contributed by atoms with Crippen LogP contribution >= 0.6 is 0 Å². The van der Waals surface area contributed by atoms with Crippen LogP contribution in [0, 0.1) is 6.92 Å². The molecule has 0 saturated carbocycles. The van der Waals surface area contributed by atoms with Crippen LogP contribution in [-0.4, -0.2) is 9.55 Å². The number of hydrogen-bond acceptors (Lipinski definition) is 1. The fourth-order valence-electron chi connectivity index (χ4n) is 7.96. The van der Waals surface area contributed by atoms with Crippen LogP contribution in [0.4, 0.5) is 0 Å². The Labute approximate surface area is 250 Å². The van der Waals surface area contributed by atoms with Gasteiger partial charge in [0, 0.05) is 11.1 Å². The summed E-state index contributed by atoms with van der Waals surface area (Å²) in [6, 6.07) is 46.7. The molecule has 0 fully saturated rings. The maximum Gasteiger partial charge on any atom is 0.111 e. The van der Waals surface area contributed by atoms with Gasteiger partial charge in [0.15, 0.2) is 0 Å². The van der Waals surface area contributed by atoms with Gasteiger partial charge in [0.05, 0.1) is 11.0 Å². The Morgan fingerprint density at radius 3 is 1.91 bits per heavy atom. The maximum absolute atomic E-state index is 4.85. The average Bonchev–Trinajstić information content (AvgIpc) is 3.51. The minimum absolute atomic E-state index is 0.152. The molecule has 0 amide bonds. The second kappa shape index (κ2) is 8.65. The number of rotatable bonds is 2. The number of aromatic nitrogens is 2. The number of fused-ring (bicyclic) bond motifs is 11. The van der Waals surface area contributed by atoms with Crippen LogP contribution < -0.4 is 0 Å². The van der Waals surface area contributed by atoms with E-state index in [1.807, 2.05) is 0 Å². The molecule has 43 heavy (non-hydrogen) atoms. The maximum atomic E-state index is 4.85. The molecule has 2 nitrogen and oxygen atoms in total. The van der Waals surface area contributed by atoms with Crippen LogP contribution in [0.15, 0.2) is 127 Å². The smallest absolute Gasteiger partial charge is 0.111 e. The quantitative estimate of drug-likeness (QED) is 0.196. The Bertz CT molecular complexity index is 2440. The van der Waals surface area contributed by atoms with Gasteiger partial charge in [0.25, 0.3) is 0 Å². The lowest BCUT2D eigenvalue weighted by molar-refractivity contribution is 0.672. The second-order valence-corrected chi connectivity index (χ2v) is 12.4. The monoisotopic (exact) mass is 550 g/mol. The van der Waals surface area contributed by atoms with Crippen LogP contribution in [0.25, 0.3) is 71.3 Å². The average molecular weight is 551 g/mol. The molecule has 2 heteroatoms. The Morgan fingerprint density at radius 1 is 0.535 bits per heavy atom. The summed E-state index contributed by atoms with van der Waals surface area (Å²) in [5, 5.41) is 7.96. The summed E-state index contributed by atoms with van der Waals surface area (Å²) >= 11 is 0. The summed E-state index contributed by atoms with van der Waals surface area (Å²) in [4.78, 5) is 4.85. The molecule has 1 aliphatic carbocycles. The van der Waals surface area contributed by atoms with Gasteiger partial charge in [-0.1, -0.05) is 111 Å². The van der Waals surface area contributed by atoms with E-state index in [1.165, 1.54) is 65.7 Å². The fraction of sp³-hybridized carbons (Fsp3) is 0.0976. The predicted molar refractivity (Wildman–Crippen MR) is 181 cm³/mol. The third-order valence-corrected chi connectivity index (χ3v) is 9.64. The van der Waals surface area contributed by atoms with Crippen molar-refractivity contribution in [2.75, 3.05) is 0 Å². The van der Waals surface area contributed by atoms with Crippen molar-refractivity contribution in [2.45, 2.75) is 26.2 Å². The highest BCUT2D eigenvalue weighted by atomic mass is 15.1. The Morgan fingerprint density at radius 2 is 1.14 bits per heavy atom. The van der Waals surface area contributed by atoms with Gasteiger partial charge in [-0.2, -0.15) is 0 Å². The number of imidazole rings is 1. The fourth-order valence-corrected chi connectivity index (χ4v) is 7.96. The zero-order valence-electron chi connectivity index (χ0n) is 24.5. The first-order valence-corrected chi connectivity index (χ1v) is 15.1. The lowest BCUT2D eigenvalue weighted by Gasteiger charge is -2.25. The molecular formula is C41H30N2. The standard InChI is InChI=1S/C41H30N2/c1-25-42-36-21-10-11-22-37(36)43(25)27-14-12-13-26(23-27)34-24-35-38-31-18-7-4-15-28(31)29-16-5-9-20-33(29)40(38)41(2,3)39(35)32-19-8-6-17-30(32)34/h4-24H,1-3H3. The minimum atomic E-state index is -0.152. The van der Waals surface area contributed by atoms with E-state index in [9.17, 15) is 0 Å². The highest BCUT2D eigenvalue weighted by molar-refractivity contribution is 6.20. The van der Waals surface area contributed by atoms with Gasteiger partial charge in [-0.05, 0) is 103 Å². The summed E-state index contributed by atoms with van der Waals surface area (Å²) in [6.07, 6.45) is 0. The summed E-state index contributed by atoms with van der Waals surface area (Å²) in [5.41, 5.74) is 11.2. The van der Waals surface area contributed by atoms with Crippen LogP contribution in [0.1, 0.15) is 30.8 Å². The molecule has 0 aliphatic heterocycles. The van der Waals surface area contributed by atoms with E-state index >= 15 is 0 Å². The molecule has 9 rings (SSSR count). The van der Waals surface area contributed by atoms with E-state index in [0.717, 1.165) is 22.5 Å². The molecule has 0 radical (unpaired) electrons. The second-order valence-electron chi connectivity index (χ2n) is 12.4. The van der Waals surface area contributed by atoms with Gasteiger partial charge in [-0.15, -0.1) is 0 Å². The van der Waals surface area contributed by atoms with Gasteiger partial charge in [0.1, 0.15) is 5.82 Å². The molecule has 1 aliphatic rings. The number of nitrogens with zero attached hydrogens (tertiary/aromatic N) is 2. The lowest BCUT2D eigenvalue weighted by Crippen LogP contribution is -2.16. The molecule has 7 aromatic carbocycles. The van der Waals surface area contributed by atoms with Crippen molar-refractivity contribution >= 4 is 43.4 Å². The molecule has 0 unspecified atom stereocenters. The van der Waals surface area contributed by atoms with E-state index < -0.39 is 0 Å². The van der Waals surface area contributed by atoms with Gasteiger partial charge in [0.2, 0.25) is 0 Å². The van der Waals surface area contributed by atoms with E-state index in [-0.39, 0.29) is 5.41 Å². The topological polar surface area (TPSA) is 17.8 Å². The lowest BCUT2D eigenvalue weighted by atomic mass is 9.77. The van der Waals surface area contributed by atoms with Crippen molar-refractivity contribution in [2.24, 2.45) is 0 Å². The SMILES string of the molecule is Cc1nc2ccccc2n1-c1cccc(-c2cc3c(c4ccccc24)C(C)(C)c2c-3c3ccccc3c3ccccc23)c1. The van der Waals surface area contributed by atoms with E-state index in [4.69, 9.17) is 4.98 Å². The summed E-state index contributed by atoms with van der Waals surface area (Å²) in [5.74, 6) is 0.992.